The number of carboxylic acid groups (broad SMARTS) is 2. The van der Waals surface area contributed by atoms with E-state index in [1.54, 1.807) is 0 Å². The monoisotopic (exact) mass is 261 g/mol. The molecule has 0 saturated carbocycles. The maximum Gasteiger partial charge on any atom is 0.490 e. The molecule has 0 radical (unpaired) electrons. The van der Waals surface area contributed by atoms with Crippen molar-refractivity contribution in [2.24, 2.45) is 5.73 Å². The Morgan fingerprint density at radius 2 is 1.76 bits per heavy atom. The molecular formula is C8H14F3NO5. The highest BCUT2D eigenvalue weighted by Gasteiger charge is 2.38. The SMILES string of the molecule is CCC(N)COCC(=O)O.O=C(O)C(F)(F)F. The van der Waals surface area contributed by atoms with Gasteiger partial charge < -0.3 is 20.7 Å². The molecule has 0 aromatic carbocycles. The summed E-state index contributed by atoms with van der Waals surface area (Å²) in [5.41, 5.74) is 5.44. The van der Waals surface area contributed by atoms with E-state index in [0.29, 0.717) is 6.61 Å². The van der Waals surface area contributed by atoms with Crippen LogP contribution in [0.25, 0.3) is 0 Å². The second-order valence-electron chi connectivity index (χ2n) is 2.88. The predicted octanol–water partition coefficient (Wildman–Crippen LogP) is 0.458. The smallest absolute Gasteiger partial charge is 0.480 e. The Hall–Kier alpha value is -1.35. The summed E-state index contributed by atoms with van der Waals surface area (Å²) >= 11 is 0. The van der Waals surface area contributed by atoms with Gasteiger partial charge in [0.2, 0.25) is 0 Å². The summed E-state index contributed by atoms with van der Waals surface area (Å²) in [6, 6.07) is -0.0423. The Bertz CT molecular complexity index is 244. The maximum atomic E-state index is 10.6. The average Bonchev–Trinajstić information content (AvgIpc) is 2.16. The van der Waals surface area contributed by atoms with Crippen molar-refractivity contribution in [1.82, 2.24) is 0 Å². The molecular weight excluding hydrogens is 247 g/mol. The number of carboxylic acids is 2. The van der Waals surface area contributed by atoms with E-state index >= 15 is 0 Å². The molecule has 0 fully saturated rings. The highest BCUT2D eigenvalue weighted by Crippen LogP contribution is 2.13. The van der Waals surface area contributed by atoms with Crippen molar-refractivity contribution in [3.63, 3.8) is 0 Å². The van der Waals surface area contributed by atoms with E-state index in [2.05, 4.69) is 0 Å². The number of nitrogens with two attached hydrogens (primary N) is 1. The Kier molecular flexibility index (Phi) is 9.29. The molecule has 0 saturated heterocycles. The van der Waals surface area contributed by atoms with Crippen LogP contribution < -0.4 is 5.73 Å². The van der Waals surface area contributed by atoms with Crippen LogP contribution >= 0.6 is 0 Å². The summed E-state index contributed by atoms with van der Waals surface area (Å²) in [4.78, 5) is 18.8. The third-order valence-electron chi connectivity index (χ3n) is 1.32. The minimum absolute atomic E-state index is 0.0423. The van der Waals surface area contributed by atoms with Crippen molar-refractivity contribution in [3.8, 4) is 0 Å². The summed E-state index contributed by atoms with van der Waals surface area (Å²) in [6.45, 7) is 1.99. The minimum atomic E-state index is -5.08. The topological polar surface area (TPSA) is 110 Å². The van der Waals surface area contributed by atoms with Crippen LogP contribution in [0.3, 0.4) is 0 Å². The lowest BCUT2D eigenvalue weighted by Gasteiger charge is -2.06. The standard InChI is InChI=1S/C6H13NO3.C2HF3O2/c1-2-5(7)3-10-4-6(8)9;3-2(4,5)1(6)7/h5H,2-4,7H2,1H3,(H,8,9);(H,6,7). The normalized spacial score (nSPS) is 12.3. The first-order valence-electron chi connectivity index (χ1n) is 4.46. The van der Waals surface area contributed by atoms with Gasteiger partial charge in [0.1, 0.15) is 6.61 Å². The van der Waals surface area contributed by atoms with Crippen molar-refractivity contribution in [3.05, 3.63) is 0 Å². The first-order chi connectivity index (χ1) is 7.61. The predicted molar refractivity (Wildman–Crippen MR) is 50.4 cm³/mol. The number of rotatable bonds is 5. The average molecular weight is 261 g/mol. The molecule has 0 spiro atoms. The Morgan fingerprint density at radius 3 is 2.00 bits per heavy atom. The molecule has 0 aliphatic carbocycles. The van der Waals surface area contributed by atoms with Gasteiger partial charge in [0.15, 0.2) is 0 Å². The van der Waals surface area contributed by atoms with Gasteiger partial charge in [-0.05, 0) is 6.42 Å². The van der Waals surface area contributed by atoms with Crippen molar-refractivity contribution in [2.75, 3.05) is 13.2 Å². The van der Waals surface area contributed by atoms with Crippen LogP contribution in [0.5, 0.6) is 0 Å². The molecule has 0 amide bonds. The molecule has 0 aromatic rings. The second kappa shape index (κ2) is 8.76. The maximum absolute atomic E-state index is 10.6. The molecule has 9 heteroatoms. The lowest BCUT2D eigenvalue weighted by molar-refractivity contribution is -0.192. The molecule has 6 nitrogen and oxygen atoms in total. The van der Waals surface area contributed by atoms with E-state index in [1.807, 2.05) is 6.92 Å². The van der Waals surface area contributed by atoms with Gasteiger partial charge in [0.05, 0.1) is 6.61 Å². The Labute approximate surface area is 95.2 Å². The van der Waals surface area contributed by atoms with E-state index in [1.165, 1.54) is 0 Å². The molecule has 4 N–H and O–H groups in total. The van der Waals surface area contributed by atoms with Crippen molar-refractivity contribution in [2.45, 2.75) is 25.6 Å². The zero-order valence-corrected chi connectivity index (χ0v) is 9.03. The number of aliphatic carboxylic acids is 2. The van der Waals surface area contributed by atoms with Gasteiger partial charge in [-0.3, -0.25) is 0 Å². The van der Waals surface area contributed by atoms with Crippen LogP contribution in [0.4, 0.5) is 13.2 Å². The molecule has 17 heavy (non-hydrogen) atoms. The highest BCUT2D eigenvalue weighted by molar-refractivity contribution is 5.73. The van der Waals surface area contributed by atoms with Gasteiger partial charge in [0, 0.05) is 6.04 Å². The van der Waals surface area contributed by atoms with Crippen molar-refractivity contribution >= 4 is 11.9 Å². The van der Waals surface area contributed by atoms with Crippen LogP contribution in [-0.2, 0) is 14.3 Å². The quantitative estimate of drug-likeness (QED) is 0.663. The van der Waals surface area contributed by atoms with Gasteiger partial charge in [-0.15, -0.1) is 0 Å². The third-order valence-corrected chi connectivity index (χ3v) is 1.32. The molecule has 0 rings (SSSR count). The summed E-state index contributed by atoms with van der Waals surface area (Å²) < 4.78 is 36.5. The molecule has 0 aliphatic rings. The van der Waals surface area contributed by atoms with Crippen LogP contribution in [0.2, 0.25) is 0 Å². The van der Waals surface area contributed by atoms with Gasteiger partial charge in [0.25, 0.3) is 0 Å². The van der Waals surface area contributed by atoms with Gasteiger partial charge >= 0.3 is 18.1 Å². The summed E-state index contributed by atoms with van der Waals surface area (Å²) in [5.74, 6) is -3.71. The van der Waals surface area contributed by atoms with E-state index in [0.717, 1.165) is 6.42 Å². The fraction of sp³-hybridized carbons (Fsp3) is 0.750. The van der Waals surface area contributed by atoms with E-state index in [4.69, 9.17) is 25.5 Å². The summed E-state index contributed by atoms with van der Waals surface area (Å²) in [7, 11) is 0. The fourth-order valence-electron chi connectivity index (χ4n) is 0.415. The van der Waals surface area contributed by atoms with Crippen LogP contribution in [0, 0.1) is 0 Å². The van der Waals surface area contributed by atoms with Crippen LogP contribution in [0.1, 0.15) is 13.3 Å². The van der Waals surface area contributed by atoms with Gasteiger partial charge in [-0.25, -0.2) is 9.59 Å². The first-order valence-corrected chi connectivity index (χ1v) is 4.46. The molecule has 0 bridgehead atoms. The molecule has 0 aromatic heterocycles. The van der Waals surface area contributed by atoms with Crippen molar-refractivity contribution in [1.29, 1.82) is 0 Å². The number of carbonyl (C=O) groups is 2. The Balaban J connectivity index is 0. The molecule has 0 aliphatic heterocycles. The number of halogens is 3. The molecule has 102 valence electrons. The molecule has 1 unspecified atom stereocenters. The highest BCUT2D eigenvalue weighted by atomic mass is 19.4. The van der Waals surface area contributed by atoms with Crippen molar-refractivity contribution < 1.29 is 37.7 Å². The zero-order valence-electron chi connectivity index (χ0n) is 9.03. The third kappa shape index (κ3) is 14.7. The Morgan fingerprint density at radius 1 is 1.35 bits per heavy atom. The van der Waals surface area contributed by atoms with Gasteiger partial charge in [-0.2, -0.15) is 13.2 Å². The molecule has 1 atom stereocenters. The molecule has 0 heterocycles. The number of ether oxygens (including phenoxy) is 1. The minimum Gasteiger partial charge on any atom is -0.480 e. The lowest BCUT2D eigenvalue weighted by atomic mass is 10.3. The first kappa shape index (κ1) is 18.0. The number of hydrogen-bond acceptors (Lipinski definition) is 4. The van der Waals surface area contributed by atoms with Crippen LogP contribution in [0.15, 0.2) is 0 Å². The van der Waals surface area contributed by atoms with Crippen LogP contribution in [-0.4, -0.2) is 47.6 Å². The zero-order chi connectivity index (χ0) is 14.1. The van der Waals surface area contributed by atoms with E-state index < -0.39 is 18.1 Å². The number of alkyl halides is 3. The second-order valence-corrected chi connectivity index (χ2v) is 2.88. The van der Waals surface area contributed by atoms with Gasteiger partial charge in [-0.1, -0.05) is 6.92 Å². The van der Waals surface area contributed by atoms with E-state index in [9.17, 15) is 18.0 Å². The summed E-state index contributed by atoms with van der Waals surface area (Å²) in [6.07, 6.45) is -4.28. The fourth-order valence-corrected chi connectivity index (χ4v) is 0.415. The lowest BCUT2D eigenvalue weighted by Crippen LogP contribution is -2.26. The summed E-state index contributed by atoms with van der Waals surface area (Å²) in [5, 5.41) is 15.3. The number of hydrogen-bond donors (Lipinski definition) is 3. The van der Waals surface area contributed by atoms with E-state index in [-0.39, 0.29) is 12.6 Å². The largest absolute Gasteiger partial charge is 0.490 e.